The van der Waals surface area contributed by atoms with Crippen LogP contribution in [0.25, 0.3) is 0 Å². The molecule has 0 fully saturated rings. The van der Waals surface area contributed by atoms with E-state index in [-0.39, 0.29) is 16.7 Å². The Morgan fingerprint density at radius 3 is 2.46 bits per heavy atom. The standard InChI is InChI=1S/C9H4INO2/c10-8-1-6(3-11)9(5-13)7(2-8)4-12/h1-2,4-5H. The average molecular weight is 285 g/mol. The molecule has 0 N–H and O–H groups in total. The molecular formula is C9H4INO2. The van der Waals surface area contributed by atoms with Crippen LogP contribution in [0.5, 0.6) is 0 Å². The van der Waals surface area contributed by atoms with E-state index in [2.05, 4.69) is 0 Å². The molecule has 0 spiro atoms. The Balaban J connectivity index is 3.53. The molecule has 0 unspecified atom stereocenters. The minimum absolute atomic E-state index is 0.165. The summed E-state index contributed by atoms with van der Waals surface area (Å²) in [5.74, 6) is 0. The van der Waals surface area contributed by atoms with Crippen LogP contribution in [0.3, 0.4) is 0 Å². The van der Waals surface area contributed by atoms with Crippen LogP contribution in [0.15, 0.2) is 12.1 Å². The Bertz CT molecular complexity index is 407. The maximum atomic E-state index is 10.6. The topological polar surface area (TPSA) is 57.9 Å². The Hall–Kier alpha value is -1.22. The average Bonchev–Trinajstić information content (AvgIpc) is 2.16. The number of carbonyl (C=O) groups excluding carboxylic acids is 2. The Morgan fingerprint density at radius 2 is 2.00 bits per heavy atom. The quantitative estimate of drug-likeness (QED) is 0.615. The summed E-state index contributed by atoms with van der Waals surface area (Å²) in [5, 5.41) is 8.67. The molecule has 1 aromatic rings. The van der Waals surface area contributed by atoms with Crippen molar-refractivity contribution in [2.75, 3.05) is 0 Å². The Morgan fingerprint density at radius 1 is 1.31 bits per heavy atom. The van der Waals surface area contributed by atoms with Gasteiger partial charge in [-0.1, -0.05) is 0 Å². The fourth-order valence-corrected chi connectivity index (χ4v) is 1.61. The molecule has 0 heterocycles. The summed E-state index contributed by atoms with van der Waals surface area (Å²) in [4.78, 5) is 21.1. The minimum Gasteiger partial charge on any atom is -0.298 e. The molecule has 0 aromatic heterocycles. The zero-order chi connectivity index (χ0) is 9.84. The molecule has 0 aliphatic heterocycles. The number of carbonyl (C=O) groups is 2. The predicted octanol–water partition coefficient (Wildman–Crippen LogP) is 1.79. The molecule has 0 saturated carbocycles. The van der Waals surface area contributed by atoms with Crippen molar-refractivity contribution in [2.24, 2.45) is 0 Å². The lowest BCUT2D eigenvalue weighted by atomic mass is 10.0. The van der Waals surface area contributed by atoms with Crippen LogP contribution < -0.4 is 0 Å². The van der Waals surface area contributed by atoms with Gasteiger partial charge in [-0.2, -0.15) is 5.26 Å². The van der Waals surface area contributed by atoms with Gasteiger partial charge in [0.05, 0.1) is 11.6 Å². The summed E-state index contributed by atoms with van der Waals surface area (Å²) in [6.45, 7) is 0. The van der Waals surface area contributed by atoms with Gasteiger partial charge in [0.1, 0.15) is 0 Å². The molecule has 3 nitrogen and oxygen atoms in total. The normalized spacial score (nSPS) is 8.92. The molecule has 0 bridgehead atoms. The third-order valence-corrected chi connectivity index (χ3v) is 2.16. The van der Waals surface area contributed by atoms with Gasteiger partial charge < -0.3 is 0 Å². The molecule has 0 radical (unpaired) electrons. The lowest BCUT2D eigenvalue weighted by Gasteiger charge is -2.00. The number of hydrogen-bond acceptors (Lipinski definition) is 3. The van der Waals surface area contributed by atoms with Crippen LogP contribution in [-0.2, 0) is 0 Å². The second kappa shape index (κ2) is 4.14. The van der Waals surface area contributed by atoms with Crippen molar-refractivity contribution in [2.45, 2.75) is 0 Å². The van der Waals surface area contributed by atoms with Crippen LogP contribution in [0.1, 0.15) is 26.3 Å². The van der Waals surface area contributed by atoms with Gasteiger partial charge in [-0.15, -0.1) is 0 Å². The van der Waals surface area contributed by atoms with Gasteiger partial charge in [0.2, 0.25) is 0 Å². The molecule has 4 heteroatoms. The largest absolute Gasteiger partial charge is 0.298 e. The fourth-order valence-electron chi connectivity index (χ4n) is 0.961. The molecule has 13 heavy (non-hydrogen) atoms. The first kappa shape index (κ1) is 9.86. The number of aldehydes is 2. The highest BCUT2D eigenvalue weighted by atomic mass is 127. The molecule has 1 rings (SSSR count). The maximum Gasteiger partial charge on any atom is 0.152 e. The number of nitriles is 1. The second-order valence-corrected chi connectivity index (χ2v) is 3.55. The van der Waals surface area contributed by atoms with Crippen molar-refractivity contribution in [3.8, 4) is 6.07 Å². The molecule has 0 aliphatic rings. The zero-order valence-electron chi connectivity index (χ0n) is 6.45. The highest BCUT2D eigenvalue weighted by Gasteiger charge is 2.08. The van der Waals surface area contributed by atoms with E-state index in [1.807, 2.05) is 28.7 Å². The van der Waals surface area contributed by atoms with E-state index in [1.54, 1.807) is 12.1 Å². The number of rotatable bonds is 2. The van der Waals surface area contributed by atoms with Crippen LogP contribution in [0.4, 0.5) is 0 Å². The second-order valence-electron chi connectivity index (χ2n) is 2.30. The van der Waals surface area contributed by atoms with Crippen LogP contribution >= 0.6 is 22.6 Å². The number of halogens is 1. The summed E-state index contributed by atoms with van der Waals surface area (Å²) < 4.78 is 0.766. The molecule has 0 aliphatic carbocycles. The van der Waals surface area contributed by atoms with Gasteiger partial charge in [0, 0.05) is 14.7 Å². The third kappa shape index (κ3) is 1.92. The molecule has 0 atom stereocenters. The summed E-state index contributed by atoms with van der Waals surface area (Å²) in [7, 11) is 0. The van der Waals surface area contributed by atoms with Crippen LogP contribution in [-0.4, -0.2) is 12.6 Å². The van der Waals surface area contributed by atoms with Gasteiger partial charge in [-0.25, -0.2) is 0 Å². The predicted molar refractivity (Wildman–Crippen MR) is 54.6 cm³/mol. The maximum absolute atomic E-state index is 10.6. The van der Waals surface area contributed by atoms with Crippen molar-refractivity contribution in [3.63, 3.8) is 0 Å². The molecule has 64 valence electrons. The molecular weight excluding hydrogens is 281 g/mol. The van der Waals surface area contributed by atoms with Crippen molar-refractivity contribution in [3.05, 3.63) is 32.4 Å². The first-order chi connectivity index (χ1) is 6.22. The Kier molecular flexibility index (Phi) is 3.14. The Labute approximate surface area is 88.5 Å². The van der Waals surface area contributed by atoms with E-state index in [9.17, 15) is 9.59 Å². The summed E-state index contributed by atoms with van der Waals surface area (Å²) in [5.41, 5.74) is 0.667. The van der Waals surface area contributed by atoms with Crippen molar-refractivity contribution in [1.29, 1.82) is 5.26 Å². The lowest BCUT2D eigenvalue weighted by molar-refractivity contribution is 0.109. The summed E-state index contributed by atoms with van der Waals surface area (Å²) in [6.07, 6.45) is 1.10. The van der Waals surface area contributed by atoms with Crippen molar-refractivity contribution < 1.29 is 9.59 Å². The number of hydrogen-bond donors (Lipinski definition) is 0. The van der Waals surface area contributed by atoms with Crippen molar-refractivity contribution >= 4 is 35.2 Å². The molecule has 0 saturated heterocycles. The van der Waals surface area contributed by atoms with Gasteiger partial charge >= 0.3 is 0 Å². The molecule has 0 amide bonds. The first-order valence-corrected chi connectivity index (χ1v) is 4.44. The summed E-state index contributed by atoms with van der Waals surface area (Å²) >= 11 is 1.98. The van der Waals surface area contributed by atoms with Gasteiger partial charge in [0.25, 0.3) is 0 Å². The highest BCUT2D eigenvalue weighted by molar-refractivity contribution is 14.1. The fraction of sp³-hybridized carbons (Fsp3) is 0. The van der Waals surface area contributed by atoms with Crippen molar-refractivity contribution in [1.82, 2.24) is 0 Å². The van der Waals surface area contributed by atoms with Crippen LogP contribution in [0.2, 0.25) is 0 Å². The smallest absolute Gasteiger partial charge is 0.152 e. The highest BCUT2D eigenvalue weighted by Crippen LogP contribution is 2.15. The van der Waals surface area contributed by atoms with E-state index in [4.69, 9.17) is 5.26 Å². The van der Waals surface area contributed by atoms with E-state index in [1.165, 1.54) is 0 Å². The summed E-state index contributed by atoms with van der Waals surface area (Å²) in [6, 6.07) is 5.00. The third-order valence-electron chi connectivity index (χ3n) is 1.54. The van der Waals surface area contributed by atoms with E-state index >= 15 is 0 Å². The van der Waals surface area contributed by atoms with Gasteiger partial charge in [-0.3, -0.25) is 9.59 Å². The van der Waals surface area contributed by atoms with E-state index in [0.29, 0.717) is 12.6 Å². The number of benzene rings is 1. The molecule has 1 aromatic carbocycles. The van der Waals surface area contributed by atoms with E-state index < -0.39 is 0 Å². The first-order valence-electron chi connectivity index (χ1n) is 3.37. The lowest BCUT2D eigenvalue weighted by Crippen LogP contribution is -1.96. The zero-order valence-corrected chi connectivity index (χ0v) is 8.61. The minimum atomic E-state index is 0.165. The monoisotopic (exact) mass is 285 g/mol. The van der Waals surface area contributed by atoms with Gasteiger partial charge in [-0.05, 0) is 34.7 Å². The van der Waals surface area contributed by atoms with Gasteiger partial charge in [0.15, 0.2) is 12.6 Å². The van der Waals surface area contributed by atoms with E-state index in [0.717, 1.165) is 3.57 Å². The van der Waals surface area contributed by atoms with Crippen LogP contribution in [0, 0.1) is 14.9 Å². The number of nitrogens with zero attached hydrogens (tertiary/aromatic N) is 1. The SMILES string of the molecule is N#Cc1cc(I)cc(C=O)c1C=O.